The van der Waals surface area contributed by atoms with Crippen LogP contribution >= 0.6 is 0 Å². The topological polar surface area (TPSA) is 0 Å². The SMILES string of the molecule is C1=CCC=c2ccccc2=C1.CC.CC. The molecule has 0 saturated carbocycles. The van der Waals surface area contributed by atoms with Crippen molar-refractivity contribution in [3.63, 3.8) is 0 Å². The third-order valence-electron chi connectivity index (χ3n) is 1.88. The summed E-state index contributed by atoms with van der Waals surface area (Å²) in [7, 11) is 0. The van der Waals surface area contributed by atoms with Gasteiger partial charge in [-0.25, -0.2) is 0 Å². The van der Waals surface area contributed by atoms with Gasteiger partial charge in [-0.2, -0.15) is 0 Å². The summed E-state index contributed by atoms with van der Waals surface area (Å²) >= 11 is 0. The Morgan fingerprint density at radius 1 is 0.867 bits per heavy atom. The number of hydrogen-bond acceptors (Lipinski definition) is 0. The molecular weight excluding hydrogens is 180 g/mol. The molecule has 0 heterocycles. The summed E-state index contributed by atoms with van der Waals surface area (Å²) in [6, 6.07) is 8.44. The maximum absolute atomic E-state index is 2.25. The van der Waals surface area contributed by atoms with Gasteiger partial charge in [-0.05, 0) is 16.9 Å². The van der Waals surface area contributed by atoms with Crippen LogP contribution in [0.3, 0.4) is 0 Å². The minimum Gasteiger partial charge on any atom is -0.0807 e. The smallest absolute Gasteiger partial charge is 0.0157 e. The maximum Gasteiger partial charge on any atom is -0.0157 e. The van der Waals surface area contributed by atoms with Crippen molar-refractivity contribution in [2.75, 3.05) is 0 Å². The highest BCUT2D eigenvalue weighted by Crippen LogP contribution is 1.87. The number of rotatable bonds is 0. The average Bonchev–Trinajstić information content (AvgIpc) is 2.59. The van der Waals surface area contributed by atoms with Crippen LogP contribution in [0.1, 0.15) is 34.1 Å². The lowest BCUT2D eigenvalue weighted by Crippen LogP contribution is -2.22. The molecule has 2 rings (SSSR count). The summed E-state index contributed by atoms with van der Waals surface area (Å²) in [6.07, 6.45) is 9.73. The Labute approximate surface area is 93.7 Å². The second-order valence-corrected chi connectivity index (χ2v) is 2.66. The van der Waals surface area contributed by atoms with Crippen molar-refractivity contribution in [1.29, 1.82) is 0 Å². The standard InChI is InChI=1S/C11H10.2C2H6/c1-2-6-10-8-4-5-9-11(10)7-3-1;2*1-2/h1-2,4-9H,3H2;2*1-2H3. The third-order valence-corrected chi connectivity index (χ3v) is 1.88. The number of benzene rings is 1. The van der Waals surface area contributed by atoms with Gasteiger partial charge in [-0.3, -0.25) is 0 Å². The molecule has 0 aromatic heterocycles. The maximum atomic E-state index is 2.25. The monoisotopic (exact) mass is 202 g/mol. The normalized spacial score (nSPS) is 11.2. The molecule has 0 atom stereocenters. The molecule has 1 aromatic rings. The summed E-state index contributed by atoms with van der Waals surface area (Å²) < 4.78 is 0. The molecule has 82 valence electrons. The summed E-state index contributed by atoms with van der Waals surface area (Å²) in [5, 5.41) is 2.67. The highest BCUT2D eigenvalue weighted by molar-refractivity contribution is 5.43. The Bertz CT molecular complexity index is 383. The molecule has 0 fully saturated rings. The van der Waals surface area contributed by atoms with Crippen LogP contribution in [0.4, 0.5) is 0 Å². The molecule has 0 spiro atoms. The third kappa shape index (κ3) is 4.64. The average molecular weight is 202 g/mol. The number of hydrogen-bond donors (Lipinski definition) is 0. The van der Waals surface area contributed by atoms with Crippen LogP contribution in [0.5, 0.6) is 0 Å². The van der Waals surface area contributed by atoms with Gasteiger partial charge < -0.3 is 0 Å². The quantitative estimate of drug-likeness (QED) is 0.606. The first-order valence-corrected chi connectivity index (χ1v) is 5.89. The van der Waals surface area contributed by atoms with E-state index in [2.05, 4.69) is 48.6 Å². The van der Waals surface area contributed by atoms with Crippen LogP contribution in [-0.2, 0) is 0 Å². The lowest BCUT2D eigenvalue weighted by Gasteiger charge is -1.85. The van der Waals surface area contributed by atoms with E-state index in [1.54, 1.807) is 0 Å². The Morgan fingerprint density at radius 2 is 1.47 bits per heavy atom. The van der Waals surface area contributed by atoms with E-state index in [1.165, 1.54) is 10.4 Å². The molecule has 0 nitrogen and oxygen atoms in total. The van der Waals surface area contributed by atoms with Gasteiger partial charge in [0, 0.05) is 0 Å². The van der Waals surface area contributed by atoms with Crippen LogP contribution in [0, 0.1) is 0 Å². The van der Waals surface area contributed by atoms with Crippen molar-refractivity contribution >= 4 is 12.2 Å². The summed E-state index contributed by atoms with van der Waals surface area (Å²) in [5.74, 6) is 0. The number of fused-ring (bicyclic) bond motifs is 1. The van der Waals surface area contributed by atoms with Gasteiger partial charge in [-0.1, -0.05) is 76.3 Å². The van der Waals surface area contributed by atoms with Crippen LogP contribution in [0.15, 0.2) is 36.4 Å². The van der Waals surface area contributed by atoms with E-state index in [0.29, 0.717) is 0 Å². The lowest BCUT2D eigenvalue weighted by atomic mass is 10.2. The Kier molecular flexibility index (Phi) is 8.46. The molecule has 0 unspecified atom stereocenters. The fourth-order valence-electron chi connectivity index (χ4n) is 1.29. The fraction of sp³-hybridized carbons (Fsp3) is 0.333. The van der Waals surface area contributed by atoms with Gasteiger partial charge in [-0.15, -0.1) is 0 Å². The largest absolute Gasteiger partial charge is 0.0807 e. The summed E-state index contributed by atoms with van der Waals surface area (Å²) in [5.41, 5.74) is 0. The van der Waals surface area contributed by atoms with E-state index < -0.39 is 0 Å². The molecule has 0 bridgehead atoms. The first-order valence-electron chi connectivity index (χ1n) is 5.89. The minimum absolute atomic E-state index is 1.05. The van der Waals surface area contributed by atoms with Gasteiger partial charge in [0.15, 0.2) is 0 Å². The Hall–Kier alpha value is -1.30. The van der Waals surface area contributed by atoms with Crippen LogP contribution in [0.25, 0.3) is 12.2 Å². The predicted molar refractivity (Wildman–Crippen MR) is 71.1 cm³/mol. The van der Waals surface area contributed by atoms with Crippen molar-refractivity contribution in [2.45, 2.75) is 34.1 Å². The van der Waals surface area contributed by atoms with Crippen LogP contribution in [-0.4, -0.2) is 0 Å². The highest BCUT2D eigenvalue weighted by Gasteiger charge is 1.84. The summed E-state index contributed by atoms with van der Waals surface area (Å²) in [4.78, 5) is 0. The van der Waals surface area contributed by atoms with Crippen LogP contribution in [0.2, 0.25) is 0 Å². The molecular formula is C15H22. The molecule has 0 radical (unpaired) electrons. The van der Waals surface area contributed by atoms with Crippen LogP contribution < -0.4 is 10.4 Å². The van der Waals surface area contributed by atoms with E-state index in [4.69, 9.17) is 0 Å². The van der Waals surface area contributed by atoms with Gasteiger partial charge in [0.05, 0.1) is 0 Å². The fourth-order valence-corrected chi connectivity index (χ4v) is 1.29. The Balaban J connectivity index is 0.000000442. The van der Waals surface area contributed by atoms with E-state index in [0.717, 1.165) is 6.42 Å². The van der Waals surface area contributed by atoms with Crippen molar-refractivity contribution in [2.24, 2.45) is 0 Å². The lowest BCUT2D eigenvalue weighted by molar-refractivity contribution is 1.45. The van der Waals surface area contributed by atoms with Crippen molar-refractivity contribution < 1.29 is 0 Å². The van der Waals surface area contributed by atoms with E-state index in [1.807, 2.05) is 27.7 Å². The molecule has 15 heavy (non-hydrogen) atoms. The van der Waals surface area contributed by atoms with Gasteiger partial charge >= 0.3 is 0 Å². The van der Waals surface area contributed by atoms with Gasteiger partial charge in [0.1, 0.15) is 0 Å². The van der Waals surface area contributed by atoms with Crippen molar-refractivity contribution in [1.82, 2.24) is 0 Å². The molecule has 1 aliphatic rings. The Morgan fingerprint density at radius 3 is 2.13 bits per heavy atom. The zero-order valence-corrected chi connectivity index (χ0v) is 10.3. The van der Waals surface area contributed by atoms with Crippen molar-refractivity contribution in [3.05, 3.63) is 46.9 Å². The number of allylic oxidation sites excluding steroid dienone is 2. The van der Waals surface area contributed by atoms with E-state index in [9.17, 15) is 0 Å². The first-order chi connectivity index (χ1) is 7.47. The van der Waals surface area contributed by atoms with Crippen molar-refractivity contribution in [3.8, 4) is 0 Å². The van der Waals surface area contributed by atoms with Gasteiger partial charge in [0.25, 0.3) is 0 Å². The second kappa shape index (κ2) is 9.26. The molecule has 0 amide bonds. The summed E-state index contributed by atoms with van der Waals surface area (Å²) in [6.45, 7) is 8.00. The van der Waals surface area contributed by atoms with E-state index in [-0.39, 0.29) is 0 Å². The molecule has 0 heteroatoms. The highest BCUT2D eigenvalue weighted by atomic mass is 13.9. The second-order valence-electron chi connectivity index (χ2n) is 2.66. The first kappa shape index (κ1) is 13.7. The minimum atomic E-state index is 1.05. The zero-order chi connectivity index (χ0) is 11.5. The molecule has 1 aliphatic carbocycles. The molecule has 0 aliphatic heterocycles. The molecule has 1 aromatic carbocycles. The zero-order valence-electron chi connectivity index (χ0n) is 10.3. The molecule has 0 saturated heterocycles. The van der Waals surface area contributed by atoms with Gasteiger partial charge in [0.2, 0.25) is 0 Å². The predicted octanol–water partition coefficient (Wildman–Crippen LogP) is 3.26. The van der Waals surface area contributed by atoms with E-state index >= 15 is 0 Å². The molecule has 0 N–H and O–H groups in total.